The second-order valence-electron chi connectivity index (χ2n) is 7.37. The molecular weight excluding hydrogens is 428 g/mol. The molecule has 164 valence electrons. The molecule has 0 spiro atoms. The Bertz CT molecular complexity index is 1100. The lowest BCUT2D eigenvalue weighted by molar-refractivity contribution is -0.122. The molecule has 3 aromatic carbocycles. The van der Waals surface area contributed by atoms with Crippen molar-refractivity contribution in [2.75, 3.05) is 0 Å². The van der Waals surface area contributed by atoms with E-state index in [1.807, 2.05) is 48.5 Å². The highest BCUT2D eigenvalue weighted by molar-refractivity contribution is 6.31. The van der Waals surface area contributed by atoms with Gasteiger partial charge < -0.3 is 9.84 Å². The molecule has 1 aliphatic rings. The predicted octanol–water partition coefficient (Wildman–Crippen LogP) is 3.68. The van der Waals surface area contributed by atoms with Gasteiger partial charge in [-0.15, -0.1) is 0 Å². The maximum absolute atomic E-state index is 12.4. The number of amides is 1. The molecule has 1 amide bonds. The molecule has 32 heavy (non-hydrogen) atoms. The van der Waals surface area contributed by atoms with Crippen molar-refractivity contribution in [3.8, 4) is 11.5 Å². The Morgan fingerprint density at radius 1 is 1.09 bits per heavy atom. The van der Waals surface area contributed by atoms with Crippen LogP contribution in [-0.4, -0.2) is 23.3 Å². The van der Waals surface area contributed by atoms with Crippen LogP contribution in [0.4, 0.5) is 0 Å². The summed E-state index contributed by atoms with van der Waals surface area (Å²) in [5.41, 5.74) is 11.1. The van der Waals surface area contributed by atoms with E-state index in [1.165, 1.54) is 6.21 Å². The van der Waals surface area contributed by atoms with Gasteiger partial charge in [0.1, 0.15) is 24.1 Å². The molecule has 0 radical (unpaired) electrons. The summed E-state index contributed by atoms with van der Waals surface area (Å²) in [7, 11) is 0. The topological polar surface area (TPSA) is 95.0 Å². The van der Waals surface area contributed by atoms with Crippen molar-refractivity contribution in [2.24, 2.45) is 5.10 Å². The number of para-hydroxylation sites is 1. The molecule has 8 heteroatoms. The number of rotatable bonds is 7. The molecule has 4 rings (SSSR count). The molecule has 1 fully saturated rings. The average Bonchev–Trinajstić information content (AvgIpc) is 3.31. The van der Waals surface area contributed by atoms with Crippen molar-refractivity contribution in [1.82, 2.24) is 16.3 Å². The van der Waals surface area contributed by atoms with Gasteiger partial charge in [0.25, 0.3) is 5.91 Å². The van der Waals surface area contributed by atoms with Crippen LogP contribution in [0.2, 0.25) is 5.02 Å². The molecule has 1 aliphatic heterocycles. The summed E-state index contributed by atoms with van der Waals surface area (Å²) in [5.74, 6) is 0.587. The van der Waals surface area contributed by atoms with E-state index in [2.05, 4.69) is 21.4 Å². The van der Waals surface area contributed by atoms with Gasteiger partial charge in [-0.3, -0.25) is 4.79 Å². The summed E-state index contributed by atoms with van der Waals surface area (Å²) in [6.45, 7) is 0.395. The number of nitrogens with zero attached hydrogens (tertiary/aromatic N) is 1. The zero-order valence-corrected chi connectivity index (χ0v) is 17.9. The quantitative estimate of drug-likeness (QED) is 0.325. The van der Waals surface area contributed by atoms with Gasteiger partial charge in [0.05, 0.1) is 6.21 Å². The Morgan fingerprint density at radius 2 is 1.84 bits per heavy atom. The van der Waals surface area contributed by atoms with Crippen molar-refractivity contribution in [2.45, 2.75) is 25.1 Å². The highest BCUT2D eigenvalue weighted by Crippen LogP contribution is 2.25. The Morgan fingerprint density at radius 3 is 2.62 bits per heavy atom. The summed E-state index contributed by atoms with van der Waals surface area (Å²) in [6.07, 6.45) is 1.98. The van der Waals surface area contributed by atoms with Crippen LogP contribution < -0.4 is 21.0 Å². The summed E-state index contributed by atoms with van der Waals surface area (Å²) in [6, 6.07) is 21.6. The van der Waals surface area contributed by atoms with E-state index in [0.717, 1.165) is 16.9 Å². The lowest BCUT2D eigenvalue weighted by atomic mass is 10.0. The normalized spacial score (nSPS) is 18.0. The first-order chi connectivity index (χ1) is 15.6. The van der Waals surface area contributed by atoms with Gasteiger partial charge in [0, 0.05) is 22.2 Å². The van der Waals surface area contributed by atoms with Crippen LogP contribution in [0.5, 0.6) is 11.5 Å². The predicted molar refractivity (Wildman–Crippen MR) is 123 cm³/mol. The number of phenolic OH excluding ortho intramolecular Hbond substituents is 1. The lowest BCUT2D eigenvalue weighted by Crippen LogP contribution is -2.41. The zero-order chi connectivity index (χ0) is 22.3. The molecule has 3 aromatic rings. The van der Waals surface area contributed by atoms with Crippen LogP contribution in [0.15, 0.2) is 77.9 Å². The Kier molecular flexibility index (Phi) is 7.01. The first-order valence-electron chi connectivity index (χ1n) is 10.2. The number of hydrogen-bond acceptors (Lipinski definition) is 6. The lowest BCUT2D eigenvalue weighted by Gasteiger charge is -2.12. The number of hydrogen-bond donors (Lipinski definition) is 4. The van der Waals surface area contributed by atoms with Gasteiger partial charge in [0.15, 0.2) is 0 Å². The largest absolute Gasteiger partial charge is 0.507 e. The number of benzene rings is 3. The van der Waals surface area contributed by atoms with Crippen molar-refractivity contribution in [3.63, 3.8) is 0 Å². The molecular formula is C24H23ClN4O3. The molecule has 2 atom stereocenters. The van der Waals surface area contributed by atoms with Gasteiger partial charge in [-0.25, -0.2) is 16.3 Å². The summed E-state index contributed by atoms with van der Waals surface area (Å²) in [5, 5.41) is 14.3. The maximum Gasteiger partial charge on any atom is 0.258 e. The molecule has 1 heterocycles. The SMILES string of the molecule is O=C(N/N=C/c1ccccc1O)C1CC(c2ccc(OCc3ccccc3Cl)cc2)NN1. The number of aromatic hydroxyl groups is 1. The van der Waals surface area contributed by atoms with E-state index in [1.54, 1.807) is 24.3 Å². The van der Waals surface area contributed by atoms with E-state index in [0.29, 0.717) is 23.6 Å². The number of phenols is 1. The minimum atomic E-state index is -0.433. The van der Waals surface area contributed by atoms with E-state index >= 15 is 0 Å². The number of halogens is 1. The molecule has 0 aliphatic carbocycles. The van der Waals surface area contributed by atoms with Gasteiger partial charge in [-0.1, -0.05) is 54.1 Å². The van der Waals surface area contributed by atoms with E-state index in [-0.39, 0.29) is 17.7 Å². The van der Waals surface area contributed by atoms with Crippen molar-refractivity contribution in [1.29, 1.82) is 0 Å². The Balaban J connectivity index is 1.28. The van der Waals surface area contributed by atoms with Crippen molar-refractivity contribution in [3.05, 3.63) is 94.5 Å². The second-order valence-corrected chi connectivity index (χ2v) is 7.78. The molecule has 0 bridgehead atoms. The monoisotopic (exact) mass is 450 g/mol. The number of carbonyl (C=O) groups excluding carboxylic acids is 1. The third-order valence-electron chi connectivity index (χ3n) is 5.17. The number of carbonyl (C=O) groups is 1. The highest BCUT2D eigenvalue weighted by atomic mass is 35.5. The number of hydrazone groups is 1. The molecule has 1 saturated heterocycles. The van der Waals surface area contributed by atoms with Crippen molar-refractivity contribution < 1.29 is 14.6 Å². The summed E-state index contributed by atoms with van der Waals surface area (Å²) in [4.78, 5) is 12.4. The minimum absolute atomic E-state index is 0.0227. The first kappa shape index (κ1) is 21.8. The number of nitrogens with one attached hydrogen (secondary N) is 3. The second kappa shape index (κ2) is 10.3. The fourth-order valence-corrected chi connectivity index (χ4v) is 3.55. The van der Waals surface area contributed by atoms with Crippen LogP contribution in [0.1, 0.15) is 29.2 Å². The van der Waals surface area contributed by atoms with Crippen LogP contribution in [0, 0.1) is 0 Å². The van der Waals surface area contributed by atoms with Crippen LogP contribution >= 0.6 is 11.6 Å². The minimum Gasteiger partial charge on any atom is -0.507 e. The van der Waals surface area contributed by atoms with Gasteiger partial charge in [-0.05, 0) is 42.3 Å². The van der Waals surface area contributed by atoms with E-state index in [9.17, 15) is 9.90 Å². The molecule has 0 aromatic heterocycles. The number of ether oxygens (including phenoxy) is 1. The van der Waals surface area contributed by atoms with Gasteiger partial charge >= 0.3 is 0 Å². The van der Waals surface area contributed by atoms with Crippen LogP contribution in [0.3, 0.4) is 0 Å². The summed E-state index contributed by atoms with van der Waals surface area (Å²) >= 11 is 6.16. The van der Waals surface area contributed by atoms with E-state index < -0.39 is 6.04 Å². The maximum atomic E-state index is 12.4. The molecule has 2 unspecified atom stereocenters. The zero-order valence-electron chi connectivity index (χ0n) is 17.2. The van der Waals surface area contributed by atoms with Crippen LogP contribution in [-0.2, 0) is 11.4 Å². The number of hydrazine groups is 1. The molecule has 4 N–H and O–H groups in total. The summed E-state index contributed by atoms with van der Waals surface area (Å²) < 4.78 is 5.82. The first-order valence-corrected chi connectivity index (χ1v) is 10.6. The Hall–Kier alpha value is -3.39. The van der Waals surface area contributed by atoms with Gasteiger partial charge in [-0.2, -0.15) is 5.10 Å². The molecule has 7 nitrogen and oxygen atoms in total. The smallest absolute Gasteiger partial charge is 0.258 e. The van der Waals surface area contributed by atoms with Crippen molar-refractivity contribution >= 4 is 23.7 Å². The van der Waals surface area contributed by atoms with E-state index in [4.69, 9.17) is 16.3 Å². The standard InChI is InChI=1S/C24H23ClN4O3/c25-20-7-3-1-6-18(20)15-32-19-11-9-16(10-12-19)21-13-22(28-27-21)24(31)29-26-14-17-5-2-4-8-23(17)30/h1-12,14,21-22,27-28,30H,13,15H2,(H,29,31)/b26-14+. The third kappa shape index (κ3) is 5.45. The van der Waals surface area contributed by atoms with Crippen LogP contribution in [0.25, 0.3) is 0 Å². The highest BCUT2D eigenvalue weighted by Gasteiger charge is 2.30. The fraction of sp³-hybridized carbons (Fsp3) is 0.167. The van der Waals surface area contributed by atoms with Gasteiger partial charge in [0.2, 0.25) is 0 Å². The average molecular weight is 451 g/mol. The Labute approximate surface area is 191 Å². The third-order valence-corrected chi connectivity index (χ3v) is 5.54. The molecule has 0 saturated carbocycles. The fourth-order valence-electron chi connectivity index (χ4n) is 3.36.